The maximum absolute atomic E-state index is 13.6. The van der Waals surface area contributed by atoms with Crippen molar-refractivity contribution in [2.45, 2.75) is 96.1 Å². The number of thioether (sulfide) groups is 1. The molecule has 0 aromatic heterocycles. The monoisotopic (exact) mass is 780 g/mol. The van der Waals surface area contributed by atoms with E-state index in [1.165, 1.54) is 11.8 Å². The number of nitrogens with two attached hydrogens (primary N) is 2. The number of primary amides is 1. The highest BCUT2D eigenvalue weighted by molar-refractivity contribution is 7.98. The minimum Gasteiger partial charge on any atom is -0.481 e. The molecule has 54 heavy (non-hydrogen) atoms. The van der Waals surface area contributed by atoms with Crippen LogP contribution in [0.1, 0.15) is 58.9 Å². The molecule has 0 unspecified atom stereocenters. The first-order valence-electron chi connectivity index (χ1n) is 17.6. The number of carboxylic acid groups (broad SMARTS) is 1. The third kappa shape index (κ3) is 17.8. The van der Waals surface area contributed by atoms with Crippen LogP contribution in [-0.2, 0) is 44.8 Å². The first kappa shape index (κ1) is 47.3. The Morgan fingerprint density at radius 3 is 1.87 bits per heavy atom. The number of nitrogens with one attached hydrogen (secondary N) is 6. The van der Waals surface area contributed by atoms with Crippen LogP contribution in [0.5, 0.6) is 0 Å². The predicted molar refractivity (Wildman–Crippen MR) is 201 cm³/mol. The Morgan fingerprint density at radius 2 is 1.33 bits per heavy atom. The van der Waals surface area contributed by atoms with E-state index in [1.54, 1.807) is 44.2 Å². The quantitative estimate of drug-likeness (QED) is 0.0510. The van der Waals surface area contributed by atoms with Crippen molar-refractivity contribution >= 4 is 59.1 Å². The molecule has 0 radical (unpaired) electrons. The van der Waals surface area contributed by atoms with Gasteiger partial charge in [0.2, 0.25) is 41.4 Å². The molecule has 1 rings (SSSR count). The number of carboxylic acids is 1. The lowest BCUT2D eigenvalue weighted by Gasteiger charge is -2.27. The Morgan fingerprint density at radius 1 is 0.759 bits per heavy atom. The fourth-order valence-corrected chi connectivity index (χ4v) is 5.52. The highest BCUT2D eigenvalue weighted by Crippen LogP contribution is 2.09. The van der Waals surface area contributed by atoms with Crippen molar-refractivity contribution in [3.63, 3.8) is 0 Å². The van der Waals surface area contributed by atoms with E-state index in [2.05, 4.69) is 31.9 Å². The minimum atomic E-state index is -1.57. The molecule has 6 atom stereocenters. The van der Waals surface area contributed by atoms with Gasteiger partial charge in [-0.2, -0.15) is 11.8 Å². The van der Waals surface area contributed by atoms with Gasteiger partial charge in [0.15, 0.2) is 0 Å². The molecule has 0 spiro atoms. The molecule has 1 aromatic rings. The number of hydrogen-bond acceptors (Lipinski definition) is 11. The summed E-state index contributed by atoms with van der Waals surface area (Å²) >= 11 is 1.49. The van der Waals surface area contributed by atoms with Gasteiger partial charge < -0.3 is 53.6 Å². The Labute approximate surface area is 319 Å². The molecule has 0 saturated carbocycles. The van der Waals surface area contributed by atoms with Crippen LogP contribution in [0.4, 0.5) is 0 Å². The largest absolute Gasteiger partial charge is 0.481 e. The number of rotatable bonds is 25. The molecule has 19 heteroatoms. The van der Waals surface area contributed by atoms with Gasteiger partial charge in [-0.1, -0.05) is 58.0 Å². The molecule has 12 N–H and O–H groups in total. The summed E-state index contributed by atoms with van der Waals surface area (Å²) in [5.74, 6) is -6.34. The van der Waals surface area contributed by atoms with Crippen LogP contribution >= 0.6 is 11.8 Å². The van der Waals surface area contributed by atoms with Crippen molar-refractivity contribution in [1.82, 2.24) is 31.9 Å². The highest BCUT2D eigenvalue weighted by Gasteiger charge is 2.32. The summed E-state index contributed by atoms with van der Waals surface area (Å²) in [6.45, 7) is 6.04. The maximum atomic E-state index is 13.6. The van der Waals surface area contributed by atoms with Gasteiger partial charge >= 0.3 is 5.97 Å². The molecule has 18 nitrogen and oxygen atoms in total. The molecular weight excluding hydrogens is 724 g/mol. The first-order chi connectivity index (χ1) is 25.4. The molecule has 0 aliphatic heterocycles. The van der Waals surface area contributed by atoms with E-state index in [0.717, 1.165) is 0 Å². The molecule has 0 heterocycles. The van der Waals surface area contributed by atoms with Crippen molar-refractivity contribution < 1.29 is 48.6 Å². The zero-order valence-electron chi connectivity index (χ0n) is 31.4. The SMILES string of the molecule is CSCC[C@@H](NC(=O)[C@H](CC(C)C)NC(=O)CCNC(=O)[C@@H](NC(=O)[C@H](Cc1ccccc1)NC(=O)[C@@H](CO)NC(=O)[C@@H](N)CC(=O)O)C(C)C)C(N)=O. The van der Waals surface area contributed by atoms with E-state index in [4.69, 9.17) is 16.6 Å². The van der Waals surface area contributed by atoms with Crippen molar-refractivity contribution in [3.05, 3.63) is 35.9 Å². The summed E-state index contributed by atoms with van der Waals surface area (Å²) in [5.41, 5.74) is 11.6. The van der Waals surface area contributed by atoms with E-state index in [9.17, 15) is 43.5 Å². The van der Waals surface area contributed by atoms with Gasteiger partial charge in [-0.05, 0) is 42.2 Å². The Hall–Kier alpha value is -4.75. The van der Waals surface area contributed by atoms with Crippen LogP contribution in [0.25, 0.3) is 0 Å². The molecule has 0 saturated heterocycles. The van der Waals surface area contributed by atoms with Crippen LogP contribution < -0.4 is 43.4 Å². The van der Waals surface area contributed by atoms with Crippen LogP contribution in [0.15, 0.2) is 30.3 Å². The van der Waals surface area contributed by atoms with Crippen molar-refractivity contribution in [2.75, 3.05) is 25.2 Å². The van der Waals surface area contributed by atoms with Gasteiger partial charge in [0.05, 0.1) is 19.1 Å². The zero-order valence-corrected chi connectivity index (χ0v) is 32.2. The molecule has 7 amide bonds. The summed E-state index contributed by atoms with van der Waals surface area (Å²) < 4.78 is 0. The number of hydrogen-bond donors (Lipinski definition) is 10. The fraction of sp³-hybridized carbons (Fsp3) is 0.600. The number of carbonyl (C=O) groups excluding carboxylic acids is 7. The second-order valence-corrected chi connectivity index (χ2v) is 14.5. The molecule has 1 aromatic carbocycles. The first-order valence-corrected chi connectivity index (χ1v) is 19.0. The summed E-state index contributed by atoms with van der Waals surface area (Å²) in [4.78, 5) is 101. The number of benzene rings is 1. The normalized spacial score (nSPS) is 14.4. The molecule has 0 aliphatic carbocycles. The van der Waals surface area contributed by atoms with Crippen LogP contribution in [0, 0.1) is 11.8 Å². The smallest absolute Gasteiger partial charge is 0.305 e. The Balaban J connectivity index is 3.00. The molecule has 302 valence electrons. The minimum absolute atomic E-state index is 0.0142. The molecule has 0 bridgehead atoms. The fourth-order valence-electron chi connectivity index (χ4n) is 5.05. The number of aliphatic hydroxyl groups is 1. The maximum Gasteiger partial charge on any atom is 0.305 e. The number of aliphatic hydroxyl groups excluding tert-OH is 1. The average molecular weight is 781 g/mol. The standard InChI is InChI=1S/C35H56N8O10S/c1-19(2)15-24(32(50)40-23(30(37)48)12-14-54-5)39-27(45)11-13-38-35(53)29(20(3)4)43-33(51)25(16-21-9-7-6-8-10-21)41-34(52)26(18-44)42-31(49)22(36)17-28(46)47/h6-10,19-20,22-26,29,44H,11-18,36H2,1-5H3,(H2,37,48)(H,38,53)(H,39,45)(H,40,50)(H,41,52)(H,42,49)(H,43,51)(H,46,47)/t22-,23+,24-,25-,26+,29-/m0/s1. The van der Waals surface area contributed by atoms with Crippen LogP contribution in [0.2, 0.25) is 0 Å². The van der Waals surface area contributed by atoms with Gasteiger partial charge in [-0.15, -0.1) is 0 Å². The van der Waals surface area contributed by atoms with E-state index in [0.29, 0.717) is 17.7 Å². The lowest BCUT2D eigenvalue weighted by molar-refractivity contribution is -0.140. The lowest BCUT2D eigenvalue weighted by atomic mass is 10.0. The summed E-state index contributed by atoms with van der Waals surface area (Å²) in [6.07, 6.45) is 1.49. The van der Waals surface area contributed by atoms with Gasteiger partial charge in [0.1, 0.15) is 30.2 Å². The van der Waals surface area contributed by atoms with Gasteiger partial charge in [-0.25, -0.2) is 0 Å². The summed E-state index contributed by atoms with van der Waals surface area (Å²) in [5, 5.41) is 33.9. The van der Waals surface area contributed by atoms with E-state index in [1.807, 2.05) is 20.1 Å². The molecule has 0 fully saturated rings. The van der Waals surface area contributed by atoms with Gasteiger partial charge in [0, 0.05) is 19.4 Å². The third-order valence-electron chi connectivity index (χ3n) is 7.99. The Bertz CT molecular complexity index is 1430. The van der Waals surface area contributed by atoms with E-state index >= 15 is 0 Å². The second kappa shape index (κ2) is 24.5. The van der Waals surface area contributed by atoms with Gasteiger partial charge in [0.25, 0.3) is 0 Å². The van der Waals surface area contributed by atoms with E-state index < -0.39 is 103 Å². The predicted octanol–water partition coefficient (Wildman–Crippen LogP) is -2.11. The molecule has 0 aliphatic rings. The average Bonchev–Trinajstić information content (AvgIpc) is 3.09. The Kier molecular flexibility index (Phi) is 21.5. The van der Waals surface area contributed by atoms with Crippen molar-refractivity contribution in [3.8, 4) is 0 Å². The van der Waals surface area contributed by atoms with Crippen molar-refractivity contribution in [1.29, 1.82) is 0 Å². The summed E-state index contributed by atoms with van der Waals surface area (Å²) in [7, 11) is 0. The van der Waals surface area contributed by atoms with Crippen LogP contribution in [0.3, 0.4) is 0 Å². The van der Waals surface area contributed by atoms with E-state index in [-0.39, 0.29) is 31.7 Å². The highest BCUT2D eigenvalue weighted by atomic mass is 32.2. The lowest BCUT2D eigenvalue weighted by Crippen LogP contribution is -2.59. The topological polar surface area (TPSA) is 301 Å². The van der Waals surface area contributed by atoms with Gasteiger partial charge in [-0.3, -0.25) is 38.4 Å². The van der Waals surface area contributed by atoms with Crippen LogP contribution in [-0.4, -0.2) is 119 Å². The number of carbonyl (C=O) groups is 8. The number of amides is 7. The molecular formula is C35H56N8O10S. The zero-order chi connectivity index (χ0) is 41.0. The summed E-state index contributed by atoms with van der Waals surface area (Å²) in [6, 6.07) is 1.26. The third-order valence-corrected chi connectivity index (χ3v) is 8.63. The number of aliphatic carboxylic acids is 1. The van der Waals surface area contributed by atoms with Crippen molar-refractivity contribution in [2.24, 2.45) is 23.3 Å². The second-order valence-electron chi connectivity index (χ2n) is 13.5.